The fourth-order valence-electron chi connectivity index (χ4n) is 0.190. The molecular formula is C3H3N2O. The van der Waals surface area contributed by atoms with Gasteiger partial charge in [-0.15, -0.1) is 0 Å². The Morgan fingerprint density at radius 1 is 1.33 bits per heavy atom. The quantitative estimate of drug-likeness (QED) is 0.407. The number of aliphatic imine (C=N–C) groups is 1. The van der Waals surface area contributed by atoms with Crippen LogP contribution in [0.2, 0.25) is 0 Å². The first-order valence-corrected chi connectivity index (χ1v) is 1.53. The third-order valence-electron chi connectivity index (χ3n) is 0.382. The zero-order valence-electron chi connectivity index (χ0n) is 3.03. The maximum absolute atomic E-state index is 4.32. The van der Waals surface area contributed by atoms with Gasteiger partial charge in [-0.1, -0.05) is 5.48 Å². The molecule has 31 valence electrons. The second-order valence-corrected chi connectivity index (χ2v) is 0.763. The zero-order chi connectivity index (χ0) is 4.24. The van der Waals surface area contributed by atoms with Crippen LogP contribution in [0.5, 0.6) is 0 Å². The number of hydrogen-bond donors (Lipinski definition) is 0. The Kier molecular flexibility index (Phi) is 0.774. The number of hydroxylamine groups is 1. The Hall–Kier alpha value is -0.990. The van der Waals surface area contributed by atoms with E-state index in [2.05, 4.69) is 15.3 Å². The minimum absolute atomic E-state index is 1.26. The van der Waals surface area contributed by atoms with E-state index in [0.29, 0.717) is 0 Å². The predicted octanol–water partition coefficient (Wildman–Crippen LogP) is 0.0355. The molecule has 0 aromatic carbocycles. The molecule has 1 aliphatic heterocycles. The molecule has 0 spiro atoms. The first-order chi connectivity index (χ1) is 3.00. The Labute approximate surface area is 35.3 Å². The van der Waals surface area contributed by atoms with Crippen LogP contribution in [0.25, 0.3) is 0 Å². The molecule has 1 rings (SSSR count). The van der Waals surface area contributed by atoms with E-state index in [0.717, 1.165) is 0 Å². The van der Waals surface area contributed by atoms with Gasteiger partial charge in [0, 0.05) is 0 Å². The molecule has 0 fully saturated rings. The standard InChI is InChI=1S/C3H3N2O/c1-2-5-6-3-4-1/h1-3H. The van der Waals surface area contributed by atoms with Gasteiger partial charge in [-0.2, -0.15) is 0 Å². The smallest absolute Gasteiger partial charge is 0.211 e. The van der Waals surface area contributed by atoms with Gasteiger partial charge in [0.05, 0.1) is 12.4 Å². The fraction of sp³-hybridized carbons (Fsp3) is 0. The summed E-state index contributed by atoms with van der Waals surface area (Å²) in [5.41, 5.74) is 3.35. The molecule has 3 heteroatoms. The normalized spacial score (nSPS) is 16.0. The van der Waals surface area contributed by atoms with Crippen molar-refractivity contribution in [3.8, 4) is 0 Å². The highest BCUT2D eigenvalue weighted by atomic mass is 16.6. The lowest BCUT2D eigenvalue weighted by Gasteiger charge is -1.91. The van der Waals surface area contributed by atoms with Gasteiger partial charge >= 0.3 is 0 Å². The van der Waals surface area contributed by atoms with Gasteiger partial charge in [-0.3, -0.25) is 0 Å². The third kappa shape index (κ3) is 0.484. The van der Waals surface area contributed by atoms with Crippen molar-refractivity contribution in [3.05, 3.63) is 12.4 Å². The lowest BCUT2D eigenvalue weighted by atomic mass is 10.9. The molecule has 0 amide bonds. The van der Waals surface area contributed by atoms with E-state index < -0.39 is 0 Å². The van der Waals surface area contributed by atoms with Crippen molar-refractivity contribution in [2.24, 2.45) is 4.99 Å². The highest BCUT2D eigenvalue weighted by molar-refractivity contribution is 5.47. The van der Waals surface area contributed by atoms with Gasteiger partial charge in [0.1, 0.15) is 0 Å². The molecular weight excluding hydrogens is 80.0 g/mol. The van der Waals surface area contributed by atoms with Crippen molar-refractivity contribution in [1.29, 1.82) is 0 Å². The molecule has 0 unspecified atom stereocenters. The van der Waals surface area contributed by atoms with Crippen LogP contribution < -0.4 is 5.48 Å². The van der Waals surface area contributed by atoms with E-state index in [-0.39, 0.29) is 0 Å². The van der Waals surface area contributed by atoms with Crippen LogP contribution >= 0.6 is 0 Å². The zero-order valence-corrected chi connectivity index (χ0v) is 3.03. The van der Waals surface area contributed by atoms with Gasteiger partial charge in [0.2, 0.25) is 6.40 Å². The first kappa shape index (κ1) is 3.21. The van der Waals surface area contributed by atoms with Crippen molar-refractivity contribution >= 4 is 6.40 Å². The summed E-state index contributed by atoms with van der Waals surface area (Å²) < 4.78 is 0. The lowest BCUT2D eigenvalue weighted by molar-refractivity contribution is 0.226. The van der Waals surface area contributed by atoms with Crippen LogP contribution in [-0.4, -0.2) is 6.40 Å². The van der Waals surface area contributed by atoms with Crippen LogP contribution in [0.1, 0.15) is 0 Å². The van der Waals surface area contributed by atoms with Gasteiger partial charge in [0.15, 0.2) is 0 Å². The van der Waals surface area contributed by atoms with E-state index in [1.165, 1.54) is 12.6 Å². The average Bonchev–Trinajstić information content (AvgIpc) is 1.72. The molecule has 1 radical (unpaired) electrons. The fourth-order valence-corrected chi connectivity index (χ4v) is 0.190. The summed E-state index contributed by atoms with van der Waals surface area (Å²) in [6, 6.07) is 0. The summed E-state index contributed by atoms with van der Waals surface area (Å²) in [6.07, 6.45) is 4.28. The number of hydrogen-bond acceptors (Lipinski definition) is 2. The highest BCUT2D eigenvalue weighted by Crippen LogP contribution is 1.77. The van der Waals surface area contributed by atoms with E-state index in [1.54, 1.807) is 6.20 Å². The predicted molar refractivity (Wildman–Crippen MR) is 20.9 cm³/mol. The van der Waals surface area contributed by atoms with Crippen LogP contribution in [0.15, 0.2) is 17.4 Å². The maximum atomic E-state index is 4.32. The Morgan fingerprint density at radius 2 is 2.33 bits per heavy atom. The number of rotatable bonds is 0. The minimum atomic E-state index is 1.26. The van der Waals surface area contributed by atoms with Gasteiger partial charge < -0.3 is 4.84 Å². The average molecular weight is 83.1 g/mol. The maximum Gasteiger partial charge on any atom is 0.211 e. The summed E-state index contributed by atoms with van der Waals surface area (Å²) in [5.74, 6) is 0. The van der Waals surface area contributed by atoms with Crippen LogP contribution in [0.3, 0.4) is 0 Å². The monoisotopic (exact) mass is 83.0 g/mol. The molecule has 0 aromatic rings. The molecule has 0 aromatic heterocycles. The number of nitrogens with zero attached hydrogens (tertiary/aromatic N) is 2. The molecule has 3 nitrogen and oxygen atoms in total. The second-order valence-electron chi connectivity index (χ2n) is 0.763. The summed E-state index contributed by atoms with van der Waals surface area (Å²) in [5, 5.41) is 0. The molecule has 0 bridgehead atoms. The minimum Gasteiger partial charge on any atom is -0.345 e. The van der Waals surface area contributed by atoms with Gasteiger partial charge in [0.25, 0.3) is 0 Å². The van der Waals surface area contributed by atoms with Crippen LogP contribution in [0.4, 0.5) is 0 Å². The van der Waals surface area contributed by atoms with Crippen molar-refractivity contribution < 1.29 is 4.84 Å². The van der Waals surface area contributed by atoms with E-state index in [4.69, 9.17) is 0 Å². The lowest BCUT2D eigenvalue weighted by Crippen LogP contribution is -1.97. The molecule has 6 heavy (non-hydrogen) atoms. The second kappa shape index (κ2) is 1.45. The first-order valence-electron chi connectivity index (χ1n) is 1.53. The van der Waals surface area contributed by atoms with Crippen molar-refractivity contribution in [1.82, 2.24) is 5.48 Å². The highest BCUT2D eigenvalue weighted by Gasteiger charge is 1.77. The summed E-state index contributed by atoms with van der Waals surface area (Å²) in [4.78, 5) is 7.87. The van der Waals surface area contributed by atoms with Gasteiger partial charge in [-0.25, -0.2) is 4.99 Å². The molecule has 0 aliphatic carbocycles. The van der Waals surface area contributed by atoms with Crippen molar-refractivity contribution in [2.45, 2.75) is 0 Å². The largest absolute Gasteiger partial charge is 0.345 e. The topological polar surface area (TPSA) is 35.7 Å². The van der Waals surface area contributed by atoms with Crippen molar-refractivity contribution in [3.63, 3.8) is 0 Å². The molecule has 1 aliphatic rings. The van der Waals surface area contributed by atoms with Crippen LogP contribution in [0, 0.1) is 0 Å². The van der Waals surface area contributed by atoms with Crippen molar-refractivity contribution in [2.75, 3.05) is 0 Å². The van der Waals surface area contributed by atoms with E-state index in [9.17, 15) is 0 Å². The Morgan fingerprint density at radius 3 is 2.50 bits per heavy atom. The van der Waals surface area contributed by atoms with Gasteiger partial charge in [-0.05, 0) is 0 Å². The summed E-state index contributed by atoms with van der Waals surface area (Å²) in [6.45, 7) is 0. The molecule has 0 atom stereocenters. The Bertz CT molecular complexity index is 74.8. The summed E-state index contributed by atoms with van der Waals surface area (Å²) >= 11 is 0. The molecule has 0 saturated carbocycles. The molecule has 0 N–H and O–H groups in total. The third-order valence-corrected chi connectivity index (χ3v) is 0.382. The summed E-state index contributed by atoms with van der Waals surface area (Å²) in [7, 11) is 0. The molecule has 0 saturated heterocycles. The van der Waals surface area contributed by atoms with Crippen LogP contribution in [-0.2, 0) is 4.84 Å². The van der Waals surface area contributed by atoms with E-state index in [1.807, 2.05) is 0 Å². The Balaban J connectivity index is 2.46. The molecule has 1 heterocycles. The van der Waals surface area contributed by atoms with E-state index >= 15 is 0 Å². The SMILES string of the molecule is C1=CN=CO[N]1.